The molecule has 0 saturated heterocycles. The van der Waals surface area contributed by atoms with Crippen molar-refractivity contribution in [1.82, 2.24) is 0 Å². The van der Waals surface area contributed by atoms with Gasteiger partial charge in [0.05, 0.1) is 17.1 Å². The normalized spacial score (nSPS) is 18.8. The topological polar surface area (TPSA) is 83.9 Å². The molecule has 0 bridgehead atoms. The molecule has 164 valence electrons. The van der Waals surface area contributed by atoms with Crippen LogP contribution in [0.4, 0.5) is 5.69 Å². The van der Waals surface area contributed by atoms with E-state index in [1.807, 2.05) is 20.8 Å². The second-order valence-electron chi connectivity index (χ2n) is 8.92. The first-order chi connectivity index (χ1) is 14.0. The molecule has 0 aliphatic heterocycles. The molecule has 0 aromatic carbocycles. The summed E-state index contributed by atoms with van der Waals surface area (Å²) in [6.07, 6.45) is 3.53. The van der Waals surface area contributed by atoms with E-state index in [9.17, 15) is 19.5 Å². The first-order valence-electron chi connectivity index (χ1n) is 10.3. The van der Waals surface area contributed by atoms with Gasteiger partial charge in [0.2, 0.25) is 5.91 Å². The lowest BCUT2D eigenvalue weighted by Gasteiger charge is -2.31. The number of ether oxygens (including phenoxy) is 1. The Morgan fingerprint density at radius 1 is 1.23 bits per heavy atom. The summed E-state index contributed by atoms with van der Waals surface area (Å²) in [5, 5.41) is 9.74. The molecule has 2 rings (SSSR count). The van der Waals surface area contributed by atoms with E-state index in [2.05, 4.69) is 18.8 Å². The number of esters is 1. The predicted molar refractivity (Wildman–Crippen MR) is 118 cm³/mol. The number of hydrogen-bond acceptors (Lipinski definition) is 5. The van der Waals surface area contributed by atoms with Gasteiger partial charge in [-0.3, -0.25) is 9.59 Å². The molecule has 1 saturated carbocycles. The maximum absolute atomic E-state index is 13.3. The predicted octanol–water partition coefficient (Wildman–Crippen LogP) is 4.57. The van der Waals surface area contributed by atoms with Gasteiger partial charge in [0.1, 0.15) is 11.5 Å². The fourth-order valence-corrected chi connectivity index (χ4v) is 4.26. The number of rotatable bonds is 6. The Labute approximate surface area is 182 Å². The Morgan fingerprint density at radius 2 is 1.87 bits per heavy atom. The molecular formula is C23H31NO5S. The van der Waals surface area contributed by atoms with Crippen LogP contribution < -0.4 is 4.90 Å². The van der Waals surface area contributed by atoms with E-state index < -0.39 is 11.9 Å². The number of carboxylic acids is 1. The smallest absolute Gasteiger partial charge is 0.348 e. The van der Waals surface area contributed by atoms with Crippen molar-refractivity contribution in [3.63, 3.8) is 0 Å². The summed E-state index contributed by atoms with van der Waals surface area (Å²) >= 11 is 1.07. The molecule has 0 unspecified atom stereocenters. The molecule has 1 aliphatic carbocycles. The minimum absolute atomic E-state index is 0.0160. The average Bonchev–Trinajstić information content (AvgIpc) is 3.07. The van der Waals surface area contributed by atoms with Crippen molar-refractivity contribution < 1.29 is 24.2 Å². The number of aromatic carboxylic acids is 1. The summed E-state index contributed by atoms with van der Waals surface area (Å²) in [4.78, 5) is 38.6. The molecule has 1 aromatic heterocycles. The highest BCUT2D eigenvalue weighted by Crippen LogP contribution is 2.35. The van der Waals surface area contributed by atoms with Crippen LogP contribution >= 0.6 is 11.3 Å². The van der Waals surface area contributed by atoms with Crippen molar-refractivity contribution in [1.29, 1.82) is 0 Å². The van der Waals surface area contributed by atoms with E-state index in [1.165, 1.54) is 11.8 Å². The standard InChI is InChI=1S/C23H31NO5S/c1-15-6-8-17(9-7-15)21(26)24(12-13-29-16(2)25)19-14-18(10-11-23(3,4)5)30-20(19)22(27)28/h14-15,17H,6-9,12-13H2,1-5H3,(H,27,28). The van der Waals surface area contributed by atoms with E-state index in [1.54, 1.807) is 6.07 Å². The number of nitrogens with zero attached hydrogens (tertiary/aromatic N) is 1. The molecule has 1 aromatic rings. The van der Waals surface area contributed by atoms with Crippen molar-refractivity contribution in [3.8, 4) is 11.8 Å². The zero-order valence-electron chi connectivity index (χ0n) is 18.4. The molecule has 0 radical (unpaired) electrons. The molecule has 1 amide bonds. The first kappa shape index (κ1) is 23.9. The Bertz CT molecular complexity index is 847. The molecule has 7 heteroatoms. The SMILES string of the molecule is CC(=O)OCCN(C(=O)C1CCC(C)CC1)c1cc(C#CC(C)(C)C)sc1C(=O)O. The number of hydrogen-bond donors (Lipinski definition) is 1. The highest BCUT2D eigenvalue weighted by molar-refractivity contribution is 7.15. The van der Waals surface area contributed by atoms with Crippen molar-refractivity contribution in [2.24, 2.45) is 17.3 Å². The molecule has 1 N–H and O–H groups in total. The lowest BCUT2D eigenvalue weighted by molar-refractivity contribution is -0.141. The molecule has 30 heavy (non-hydrogen) atoms. The van der Waals surface area contributed by atoms with Gasteiger partial charge in [-0.1, -0.05) is 18.8 Å². The number of carbonyl (C=O) groups is 3. The highest BCUT2D eigenvalue weighted by atomic mass is 32.1. The van der Waals surface area contributed by atoms with Crippen molar-refractivity contribution in [2.45, 2.75) is 60.3 Å². The summed E-state index contributed by atoms with van der Waals surface area (Å²) in [6, 6.07) is 1.67. The summed E-state index contributed by atoms with van der Waals surface area (Å²) in [5.41, 5.74) is 0.110. The summed E-state index contributed by atoms with van der Waals surface area (Å²) in [6.45, 7) is 9.56. The van der Waals surface area contributed by atoms with Gasteiger partial charge in [-0.2, -0.15) is 0 Å². The third-order valence-corrected chi connectivity index (χ3v) is 6.04. The summed E-state index contributed by atoms with van der Waals surface area (Å²) < 4.78 is 5.04. The van der Waals surface area contributed by atoms with Gasteiger partial charge < -0.3 is 14.7 Å². The van der Waals surface area contributed by atoms with Crippen molar-refractivity contribution in [3.05, 3.63) is 15.8 Å². The van der Waals surface area contributed by atoms with Crippen molar-refractivity contribution >= 4 is 34.9 Å². The summed E-state index contributed by atoms with van der Waals surface area (Å²) in [7, 11) is 0. The van der Waals surface area contributed by atoms with Gasteiger partial charge in [0.15, 0.2) is 0 Å². The minimum atomic E-state index is -1.10. The number of amides is 1. The average molecular weight is 434 g/mol. The Balaban J connectivity index is 2.38. The molecule has 0 spiro atoms. The summed E-state index contributed by atoms with van der Waals surface area (Å²) in [5.74, 6) is 4.95. The van der Waals surface area contributed by atoms with Gasteiger partial charge in [-0.15, -0.1) is 11.3 Å². The molecule has 0 atom stereocenters. The van der Waals surface area contributed by atoms with Gasteiger partial charge in [-0.05, 0) is 58.4 Å². The van der Waals surface area contributed by atoms with Gasteiger partial charge in [0, 0.05) is 18.3 Å². The van der Waals surface area contributed by atoms with E-state index in [4.69, 9.17) is 4.74 Å². The van der Waals surface area contributed by atoms with Crippen LogP contribution in [0.2, 0.25) is 0 Å². The zero-order chi connectivity index (χ0) is 22.5. The third kappa shape index (κ3) is 6.88. The van der Waals surface area contributed by atoms with Crippen LogP contribution in [0, 0.1) is 29.1 Å². The van der Waals surface area contributed by atoms with Crippen LogP contribution in [0.5, 0.6) is 0 Å². The maximum Gasteiger partial charge on any atom is 0.348 e. The zero-order valence-corrected chi connectivity index (χ0v) is 19.2. The van der Waals surface area contributed by atoms with Crippen LogP contribution in [0.25, 0.3) is 0 Å². The number of carbonyl (C=O) groups excluding carboxylic acids is 2. The lowest BCUT2D eigenvalue weighted by atomic mass is 9.82. The third-order valence-electron chi connectivity index (χ3n) is 5.01. The van der Waals surface area contributed by atoms with Crippen LogP contribution in [0.15, 0.2) is 6.07 Å². The van der Waals surface area contributed by atoms with E-state index in [0.29, 0.717) is 16.5 Å². The molecular weight excluding hydrogens is 402 g/mol. The monoisotopic (exact) mass is 433 g/mol. The van der Waals surface area contributed by atoms with Gasteiger partial charge in [-0.25, -0.2) is 4.79 Å². The van der Waals surface area contributed by atoms with Crippen LogP contribution in [-0.2, 0) is 14.3 Å². The highest BCUT2D eigenvalue weighted by Gasteiger charge is 2.32. The van der Waals surface area contributed by atoms with Gasteiger partial charge in [0.25, 0.3) is 0 Å². The van der Waals surface area contributed by atoms with Crippen LogP contribution in [0.3, 0.4) is 0 Å². The molecule has 1 heterocycles. The fourth-order valence-electron chi connectivity index (χ4n) is 3.40. The van der Waals surface area contributed by atoms with Crippen LogP contribution in [0.1, 0.15) is 74.9 Å². The van der Waals surface area contributed by atoms with Crippen LogP contribution in [-0.4, -0.2) is 36.1 Å². The first-order valence-corrected chi connectivity index (χ1v) is 11.1. The Kier molecular flexibility index (Phi) is 8.08. The second kappa shape index (κ2) is 10.1. The number of thiophene rings is 1. The maximum atomic E-state index is 13.3. The lowest BCUT2D eigenvalue weighted by Crippen LogP contribution is -2.40. The van der Waals surface area contributed by atoms with Crippen molar-refractivity contribution in [2.75, 3.05) is 18.1 Å². The quantitative estimate of drug-likeness (QED) is 0.525. The molecule has 6 nitrogen and oxygen atoms in total. The van der Waals surface area contributed by atoms with E-state index in [-0.39, 0.29) is 35.3 Å². The van der Waals surface area contributed by atoms with Gasteiger partial charge >= 0.3 is 11.9 Å². The fraction of sp³-hybridized carbons (Fsp3) is 0.609. The minimum Gasteiger partial charge on any atom is -0.477 e. The largest absolute Gasteiger partial charge is 0.477 e. The number of carboxylic acid groups (broad SMARTS) is 1. The second-order valence-corrected chi connectivity index (χ2v) is 9.97. The molecule has 1 fully saturated rings. The molecule has 1 aliphatic rings. The van der Waals surface area contributed by atoms with E-state index >= 15 is 0 Å². The Hall–Kier alpha value is -2.33. The Morgan fingerprint density at radius 3 is 2.40 bits per heavy atom. The van der Waals surface area contributed by atoms with E-state index in [0.717, 1.165) is 37.0 Å². The number of anilines is 1.